The summed E-state index contributed by atoms with van der Waals surface area (Å²) >= 11 is 3.91. The van der Waals surface area contributed by atoms with E-state index >= 15 is 0 Å². The van der Waals surface area contributed by atoms with Crippen LogP contribution in [0.15, 0.2) is 83.7 Å². The Morgan fingerprint density at radius 2 is 1.46 bits per heavy atom. The van der Waals surface area contributed by atoms with Crippen molar-refractivity contribution in [2.24, 2.45) is 0 Å². The molecule has 0 aliphatic heterocycles. The van der Waals surface area contributed by atoms with Crippen LogP contribution >= 0.6 is 23.9 Å². The van der Waals surface area contributed by atoms with E-state index in [4.69, 9.17) is 0 Å². The highest BCUT2D eigenvalue weighted by Gasteiger charge is 2.28. The first-order chi connectivity index (χ1) is 11.7. The molecule has 3 rings (SSSR count). The van der Waals surface area contributed by atoms with Crippen LogP contribution in [0.5, 0.6) is 0 Å². The highest BCUT2D eigenvalue weighted by molar-refractivity contribution is 9.09. The molecule has 1 nitrogen and oxygen atoms in total. The first-order valence-corrected chi connectivity index (χ1v) is 10.5. The van der Waals surface area contributed by atoms with Crippen molar-refractivity contribution in [1.82, 2.24) is 4.90 Å². The van der Waals surface area contributed by atoms with Crippen LogP contribution in [0.25, 0.3) is 0 Å². The fourth-order valence-corrected chi connectivity index (χ4v) is 6.62. The largest absolute Gasteiger partial charge is 0.309 e. The Labute approximate surface area is 155 Å². The van der Waals surface area contributed by atoms with Crippen LogP contribution in [-0.4, -0.2) is 30.4 Å². The van der Waals surface area contributed by atoms with Crippen molar-refractivity contribution in [2.75, 3.05) is 20.6 Å². The molecule has 0 aromatic heterocycles. The zero-order valence-electron chi connectivity index (χ0n) is 14.2. The van der Waals surface area contributed by atoms with Gasteiger partial charge in [0.25, 0.3) is 0 Å². The predicted molar refractivity (Wildman–Crippen MR) is 111 cm³/mol. The van der Waals surface area contributed by atoms with E-state index < -0.39 is 7.92 Å². The van der Waals surface area contributed by atoms with Crippen molar-refractivity contribution < 1.29 is 0 Å². The second kappa shape index (κ2) is 8.25. The molecule has 24 heavy (non-hydrogen) atoms. The van der Waals surface area contributed by atoms with E-state index in [0.29, 0.717) is 4.83 Å². The summed E-state index contributed by atoms with van der Waals surface area (Å²) in [4.78, 5) is 2.59. The Hall–Kier alpha value is -1.21. The van der Waals surface area contributed by atoms with Gasteiger partial charge in [-0.2, -0.15) is 0 Å². The number of halogens is 1. The summed E-state index contributed by atoms with van der Waals surface area (Å²) in [5.41, 5.74) is 1.49. The number of hydrogen-bond acceptors (Lipinski definition) is 1. The number of hydrogen-bond donors (Lipinski definition) is 0. The maximum absolute atomic E-state index is 3.91. The quantitative estimate of drug-likeness (QED) is 0.504. The van der Waals surface area contributed by atoms with Crippen LogP contribution in [0, 0.1) is 0 Å². The van der Waals surface area contributed by atoms with Crippen LogP contribution in [0.2, 0.25) is 0 Å². The summed E-state index contributed by atoms with van der Waals surface area (Å²) in [6, 6.07) is 21.9. The van der Waals surface area contributed by atoms with Gasteiger partial charge in [0.15, 0.2) is 0 Å². The van der Waals surface area contributed by atoms with Gasteiger partial charge in [-0.05, 0) is 49.9 Å². The molecule has 0 N–H and O–H groups in total. The lowest BCUT2D eigenvalue weighted by molar-refractivity contribution is 0.414. The Morgan fingerprint density at radius 1 is 0.917 bits per heavy atom. The highest BCUT2D eigenvalue weighted by atomic mass is 79.9. The van der Waals surface area contributed by atoms with Gasteiger partial charge in [0.05, 0.1) is 4.83 Å². The second-order valence-electron chi connectivity index (χ2n) is 6.23. The van der Waals surface area contributed by atoms with E-state index in [1.165, 1.54) is 16.2 Å². The van der Waals surface area contributed by atoms with Gasteiger partial charge in [0, 0.05) is 6.54 Å². The maximum atomic E-state index is 3.91. The van der Waals surface area contributed by atoms with Crippen molar-refractivity contribution >= 4 is 34.5 Å². The number of nitrogens with zero attached hydrogens (tertiary/aromatic N) is 1. The lowest BCUT2D eigenvalue weighted by Crippen LogP contribution is -2.17. The third-order valence-electron chi connectivity index (χ3n) is 4.15. The molecule has 0 spiro atoms. The zero-order chi connectivity index (χ0) is 16.9. The molecule has 3 heteroatoms. The third-order valence-corrected chi connectivity index (χ3v) is 7.95. The van der Waals surface area contributed by atoms with Crippen molar-refractivity contribution in [2.45, 2.75) is 11.2 Å². The van der Waals surface area contributed by atoms with Crippen LogP contribution in [0.1, 0.15) is 6.42 Å². The summed E-state index contributed by atoms with van der Waals surface area (Å²) in [6.07, 6.45) is 5.71. The summed E-state index contributed by atoms with van der Waals surface area (Å²) in [5.74, 6) is 0. The van der Waals surface area contributed by atoms with Gasteiger partial charge in [-0.3, -0.25) is 0 Å². The average Bonchev–Trinajstić information content (AvgIpc) is 2.96. The topological polar surface area (TPSA) is 3.24 Å². The fourth-order valence-electron chi connectivity index (χ4n) is 2.96. The van der Waals surface area contributed by atoms with Gasteiger partial charge >= 0.3 is 0 Å². The van der Waals surface area contributed by atoms with E-state index in [9.17, 15) is 0 Å². The van der Waals surface area contributed by atoms with Crippen molar-refractivity contribution in [3.05, 3.63) is 83.7 Å². The monoisotopic (exact) mass is 399 g/mol. The number of allylic oxidation sites excluding steroid dienone is 3. The molecular formula is C21H23BrNP. The Bertz CT molecular complexity index is 683. The summed E-state index contributed by atoms with van der Waals surface area (Å²) in [5, 5.41) is 4.39. The molecule has 1 atom stereocenters. The molecule has 0 saturated heterocycles. The minimum absolute atomic E-state index is 0.334. The lowest BCUT2D eigenvalue weighted by Gasteiger charge is -2.25. The first-order valence-electron chi connectivity index (χ1n) is 8.27. The molecule has 2 aromatic carbocycles. The molecule has 0 heterocycles. The van der Waals surface area contributed by atoms with Crippen molar-refractivity contribution in [3.63, 3.8) is 0 Å². The summed E-state index contributed by atoms with van der Waals surface area (Å²) in [6.45, 7) is 1.08. The molecular weight excluding hydrogens is 377 g/mol. The highest BCUT2D eigenvalue weighted by Crippen LogP contribution is 2.51. The van der Waals surface area contributed by atoms with E-state index in [1.54, 1.807) is 5.31 Å². The molecule has 0 bridgehead atoms. The van der Waals surface area contributed by atoms with Gasteiger partial charge in [-0.15, -0.1) is 0 Å². The van der Waals surface area contributed by atoms with Crippen LogP contribution in [-0.2, 0) is 0 Å². The Morgan fingerprint density at radius 3 is 1.96 bits per heavy atom. The van der Waals surface area contributed by atoms with Gasteiger partial charge in [-0.1, -0.05) is 88.7 Å². The molecule has 2 aromatic rings. The Balaban J connectivity index is 2.06. The van der Waals surface area contributed by atoms with E-state index in [-0.39, 0.29) is 0 Å². The van der Waals surface area contributed by atoms with E-state index in [2.05, 4.69) is 108 Å². The predicted octanol–water partition coefficient (Wildman–Crippen LogP) is 4.66. The second-order valence-corrected chi connectivity index (χ2v) is 9.40. The molecule has 1 unspecified atom stereocenters. The first kappa shape index (κ1) is 17.6. The van der Waals surface area contributed by atoms with Crippen LogP contribution in [0.3, 0.4) is 0 Å². The van der Waals surface area contributed by atoms with Gasteiger partial charge in [0.1, 0.15) is 0 Å². The van der Waals surface area contributed by atoms with Gasteiger partial charge in [-0.25, -0.2) is 0 Å². The fraction of sp³-hybridized carbons (Fsp3) is 0.238. The summed E-state index contributed by atoms with van der Waals surface area (Å²) in [7, 11) is 3.77. The zero-order valence-corrected chi connectivity index (χ0v) is 16.7. The average molecular weight is 400 g/mol. The molecule has 0 amide bonds. The SMILES string of the molecule is CN(C)CCC1=C(P(c2ccccc2)c2ccccc2)C(Br)C=C1. The van der Waals surface area contributed by atoms with Gasteiger partial charge in [0.2, 0.25) is 0 Å². The maximum Gasteiger partial charge on any atom is 0.0591 e. The third kappa shape index (κ3) is 4.06. The number of benzene rings is 2. The van der Waals surface area contributed by atoms with Crippen LogP contribution in [0.4, 0.5) is 0 Å². The van der Waals surface area contributed by atoms with Crippen molar-refractivity contribution in [3.8, 4) is 0 Å². The molecule has 0 radical (unpaired) electrons. The van der Waals surface area contributed by atoms with E-state index in [1.807, 2.05) is 0 Å². The normalized spacial score (nSPS) is 17.3. The molecule has 124 valence electrons. The number of rotatable bonds is 6. The summed E-state index contributed by atoms with van der Waals surface area (Å²) < 4.78 is 0. The molecule has 1 aliphatic rings. The van der Waals surface area contributed by atoms with Gasteiger partial charge < -0.3 is 4.90 Å². The van der Waals surface area contributed by atoms with Crippen molar-refractivity contribution in [1.29, 1.82) is 0 Å². The molecule has 1 aliphatic carbocycles. The Kier molecular flexibility index (Phi) is 6.05. The minimum Gasteiger partial charge on any atom is -0.309 e. The molecule has 0 saturated carbocycles. The number of alkyl halides is 1. The lowest BCUT2D eigenvalue weighted by atomic mass is 10.2. The minimum atomic E-state index is -0.510. The van der Waals surface area contributed by atoms with E-state index in [0.717, 1.165) is 13.0 Å². The molecule has 0 fully saturated rings. The standard InChI is InChI=1S/C21H23BrNP/c1-23(2)16-15-17-13-14-20(22)21(17)24(18-9-5-3-6-10-18)19-11-7-4-8-12-19/h3-14,20H,15-16H2,1-2H3. The smallest absolute Gasteiger partial charge is 0.0591 e. The van der Waals surface area contributed by atoms with Crippen LogP contribution < -0.4 is 10.6 Å².